The number of ether oxygens (including phenoxy) is 1. The third-order valence-corrected chi connectivity index (χ3v) is 2.31. The molecule has 0 atom stereocenters. The standard InChI is InChI=1S/C11H8F3N3O2/c1-2-19-11(18)10-9(15-17-16-10)5-3-4-6(12)8(14)7(5)13/h3-4H,2H2,1H3,(H,15,16,17). The van der Waals surface area contributed by atoms with Crippen LogP contribution in [0.25, 0.3) is 11.3 Å². The van der Waals surface area contributed by atoms with E-state index in [2.05, 4.69) is 15.4 Å². The quantitative estimate of drug-likeness (QED) is 0.685. The third-order valence-electron chi connectivity index (χ3n) is 2.31. The molecule has 0 bridgehead atoms. The highest BCUT2D eigenvalue weighted by molar-refractivity contribution is 5.93. The van der Waals surface area contributed by atoms with Gasteiger partial charge in [0.25, 0.3) is 0 Å². The van der Waals surface area contributed by atoms with Gasteiger partial charge in [0.05, 0.1) is 6.61 Å². The molecule has 0 amide bonds. The maximum absolute atomic E-state index is 13.6. The summed E-state index contributed by atoms with van der Waals surface area (Å²) in [5.74, 6) is -5.26. The lowest BCUT2D eigenvalue weighted by atomic mass is 10.1. The van der Waals surface area contributed by atoms with E-state index in [0.717, 1.165) is 12.1 Å². The average molecular weight is 271 g/mol. The van der Waals surface area contributed by atoms with Crippen LogP contribution in [0.15, 0.2) is 12.1 Å². The van der Waals surface area contributed by atoms with Crippen molar-refractivity contribution in [2.75, 3.05) is 6.61 Å². The molecule has 1 N–H and O–H groups in total. The molecule has 100 valence electrons. The van der Waals surface area contributed by atoms with Gasteiger partial charge in [0.1, 0.15) is 5.69 Å². The minimum atomic E-state index is -1.64. The van der Waals surface area contributed by atoms with Gasteiger partial charge in [0, 0.05) is 5.56 Å². The lowest BCUT2D eigenvalue weighted by Gasteiger charge is -2.03. The van der Waals surface area contributed by atoms with Crippen molar-refractivity contribution in [1.82, 2.24) is 15.4 Å². The van der Waals surface area contributed by atoms with E-state index in [-0.39, 0.29) is 23.6 Å². The maximum atomic E-state index is 13.6. The van der Waals surface area contributed by atoms with Crippen LogP contribution in [-0.2, 0) is 4.74 Å². The Bertz CT molecular complexity index is 628. The Kier molecular flexibility index (Phi) is 3.50. The zero-order chi connectivity index (χ0) is 14.0. The Labute approximate surface area is 105 Å². The normalized spacial score (nSPS) is 10.5. The van der Waals surface area contributed by atoms with Crippen molar-refractivity contribution in [2.45, 2.75) is 6.92 Å². The predicted octanol–water partition coefficient (Wildman–Crippen LogP) is 2.07. The molecule has 1 heterocycles. The Balaban J connectivity index is 2.52. The molecule has 0 aliphatic heterocycles. The zero-order valence-electron chi connectivity index (χ0n) is 9.71. The second-order valence-electron chi connectivity index (χ2n) is 3.46. The maximum Gasteiger partial charge on any atom is 0.361 e. The van der Waals surface area contributed by atoms with Gasteiger partial charge in [-0.15, -0.1) is 5.10 Å². The summed E-state index contributed by atoms with van der Waals surface area (Å²) in [6.45, 7) is 1.67. The number of hydrogen-bond acceptors (Lipinski definition) is 4. The molecule has 1 aromatic carbocycles. The van der Waals surface area contributed by atoms with Crippen molar-refractivity contribution in [3.05, 3.63) is 35.3 Å². The lowest BCUT2D eigenvalue weighted by Crippen LogP contribution is -2.07. The number of carbonyl (C=O) groups is 1. The van der Waals surface area contributed by atoms with Gasteiger partial charge in [-0.2, -0.15) is 10.3 Å². The highest BCUT2D eigenvalue weighted by Crippen LogP contribution is 2.26. The molecular weight excluding hydrogens is 263 g/mol. The molecule has 2 aromatic rings. The van der Waals surface area contributed by atoms with Gasteiger partial charge in [-0.05, 0) is 19.1 Å². The van der Waals surface area contributed by atoms with Gasteiger partial charge in [-0.3, -0.25) is 0 Å². The molecule has 0 unspecified atom stereocenters. The molecule has 0 aliphatic carbocycles. The van der Waals surface area contributed by atoms with Crippen LogP contribution in [0, 0.1) is 17.5 Å². The Morgan fingerprint density at radius 2 is 2.00 bits per heavy atom. The van der Waals surface area contributed by atoms with Crippen LogP contribution in [0.5, 0.6) is 0 Å². The molecule has 0 spiro atoms. The first-order valence-corrected chi connectivity index (χ1v) is 5.28. The molecule has 19 heavy (non-hydrogen) atoms. The Hall–Kier alpha value is -2.38. The first-order chi connectivity index (χ1) is 9.06. The van der Waals surface area contributed by atoms with Crippen LogP contribution in [0.4, 0.5) is 13.2 Å². The highest BCUT2D eigenvalue weighted by Gasteiger charge is 2.24. The largest absolute Gasteiger partial charge is 0.461 e. The van der Waals surface area contributed by atoms with E-state index in [1.807, 2.05) is 0 Å². The van der Waals surface area contributed by atoms with E-state index in [1.165, 1.54) is 0 Å². The number of aromatic nitrogens is 3. The van der Waals surface area contributed by atoms with Crippen molar-refractivity contribution in [2.24, 2.45) is 0 Å². The molecular formula is C11H8F3N3O2. The minimum Gasteiger partial charge on any atom is -0.461 e. The summed E-state index contributed by atoms with van der Waals surface area (Å²) in [4.78, 5) is 11.5. The molecule has 0 fully saturated rings. The fourth-order valence-electron chi connectivity index (χ4n) is 1.47. The number of benzene rings is 1. The first-order valence-electron chi connectivity index (χ1n) is 5.28. The smallest absolute Gasteiger partial charge is 0.361 e. The third kappa shape index (κ3) is 2.28. The Morgan fingerprint density at radius 1 is 1.26 bits per heavy atom. The number of nitrogens with one attached hydrogen (secondary N) is 1. The minimum absolute atomic E-state index is 0.0887. The fourth-order valence-corrected chi connectivity index (χ4v) is 1.47. The number of carbonyl (C=O) groups excluding carboxylic acids is 1. The zero-order valence-corrected chi connectivity index (χ0v) is 9.71. The van der Waals surface area contributed by atoms with Gasteiger partial charge in [-0.25, -0.2) is 18.0 Å². The Morgan fingerprint density at radius 3 is 2.68 bits per heavy atom. The van der Waals surface area contributed by atoms with Gasteiger partial charge in [-0.1, -0.05) is 0 Å². The molecule has 5 nitrogen and oxygen atoms in total. The highest BCUT2D eigenvalue weighted by atomic mass is 19.2. The van der Waals surface area contributed by atoms with E-state index in [9.17, 15) is 18.0 Å². The van der Waals surface area contributed by atoms with Crippen molar-refractivity contribution >= 4 is 5.97 Å². The van der Waals surface area contributed by atoms with Crippen LogP contribution in [-0.4, -0.2) is 28.0 Å². The van der Waals surface area contributed by atoms with E-state index in [1.54, 1.807) is 6.92 Å². The van der Waals surface area contributed by atoms with Gasteiger partial charge in [0.15, 0.2) is 23.1 Å². The molecule has 8 heteroatoms. The predicted molar refractivity (Wildman–Crippen MR) is 57.6 cm³/mol. The summed E-state index contributed by atoms with van der Waals surface area (Å²) in [6, 6.07) is 1.70. The van der Waals surface area contributed by atoms with Crippen LogP contribution in [0.1, 0.15) is 17.4 Å². The molecule has 0 aliphatic rings. The molecule has 0 saturated carbocycles. The number of nitrogens with zero attached hydrogens (tertiary/aromatic N) is 2. The average Bonchev–Trinajstić information content (AvgIpc) is 2.85. The van der Waals surface area contributed by atoms with Crippen LogP contribution < -0.4 is 0 Å². The van der Waals surface area contributed by atoms with Crippen LogP contribution >= 0.6 is 0 Å². The number of esters is 1. The van der Waals surface area contributed by atoms with Crippen molar-refractivity contribution in [3.8, 4) is 11.3 Å². The molecule has 1 aromatic heterocycles. The topological polar surface area (TPSA) is 67.9 Å². The lowest BCUT2D eigenvalue weighted by molar-refractivity contribution is 0.0520. The number of aromatic amines is 1. The van der Waals surface area contributed by atoms with Gasteiger partial charge in [0.2, 0.25) is 0 Å². The fraction of sp³-hybridized carbons (Fsp3) is 0.182. The van der Waals surface area contributed by atoms with Crippen LogP contribution in [0.2, 0.25) is 0 Å². The second kappa shape index (κ2) is 5.09. The second-order valence-corrected chi connectivity index (χ2v) is 3.46. The summed E-state index contributed by atoms with van der Waals surface area (Å²) < 4.78 is 44.3. The number of hydrogen-bond donors (Lipinski definition) is 1. The van der Waals surface area contributed by atoms with E-state index in [0.29, 0.717) is 0 Å². The summed E-state index contributed by atoms with van der Waals surface area (Å²) >= 11 is 0. The van der Waals surface area contributed by atoms with Gasteiger partial charge < -0.3 is 4.74 Å². The molecule has 0 saturated heterocycles. The van der Waals surface area contributed by atoms with Crippen molar-refractivity contribution in [1.29, 1.82) is 0 Å². The summed E-state index contributed by atoms with van der Waals surface area (Å²) in [6.07, 6.45) is 0. The number of H-pyrrole nitrogens is 1. The van der Waals surface area contributed by atoms with Gasteiger partial charge >= 0.3 is 5.97 Å². The van der Waals surface area contributed by atoms with Crippen LogP contribution in [0.3, 0.4) is 0 Å². The summed E-state index contributed by atoms with van der Waals surface area (Å²) in [5, 5.41) is 9.18. The number of halogens is 3. The number of rotatable bonds is 3. The van der Waals surface area contributed by atoms with Crippen molar-refractivity contribution < 1.29 is 22.7 Å². The monoisotopic (exact) mass is 271 g/mol. The summed E-state index contributed by atoms with van der Waals surface area (Å²) in [7, 11) is 0. The van der Waals surface area contributed by atoms with E-state index in [4.69, 9.17) is 4.74 Å². The molecule has 2 rings (SSSR count). The first kappa shape index (κ1) is 13.1. The SMILES string of the molecule is CCOC(=O)c1n[nH]nc1-c1ccc(F)c(F)c1F. The molecule has 0 radical (unpaired) electrons. The van der Waals surface area contributed by atoms with E-state index < -0.39 is 23.4 Å². The van der Waals surface area contributed by atoms with E-state index >= 15 is 0 Å². The summed E-state index contributed by atoms with van der Waals surface area (Å²) in [5.41, 5.74) is -0.919. The van der Waals surface area contributed by atoms with Crippen molar-refractivity contribution in [3.63, 3.8) is 0 Å².